The van der Waals surface area contributed by atoms with Crippen LogP contribution in [0.3, 0.4) is 0 Å². The van der Waals surface area contributed by atoms with E-state index in [0.29, 0.717) is 35.4 Å². The van der Waals surface area contributed by atoms with Gasteiger partial charge in [-0.1, -0.05) is 24.3 Å². The summed E-state index contributed by atoms with van der Waals surface area (Å²) in [5, 5.41) is 12.1. The number of Topliss-reactive ketones (excluding diaryl/α,β-unsaturated/α-hetero) is 1. The number of anilines is 3. The standard InChI is InChI=1S/C28H30N4O6/c1-17-6-3-4-7-21(17)30-27-31-22-11-9-19(15-24(22)38-27)14-23(33)18(2)36-25-8-5-13-32(25)28-29-16-20(37-28)10-12-26(34)35/h3-4,6-7,9,11,15-16,18,25H,5,8,10,12-14H2,1-2H3,(H,30,31)(H,34,35)/t18?,25-/m0/s1. The number of ketones is 1. The molecule has 1 saturated heterocycles. The highest BCUT2D eigenvalue weighted by molar-refractivity contribution is 5.86. The zero-order chi connectivity index (χ0) is 26.6. The summed E-state index contributed by atoms with van der Waals surface area (Å²) in [4.78, 5) is 34.5. The van der Waals surface area contributed by atoms with Crippen molar-refractivity contribution in [1.82, 2.24) is 9.97 Å². The van der Waals surface area contributed by atoms with Gasteiger partial charge in [-0.05, 0) is 56.0 Å². The first kappa shape index (κ1) is 25.5. The predicted octanol–water partition coefficient (Wildman–Crippen LogP) is 5.03. The van der Waals surface area contributed by atoms with Gasteiger partial charge >= 0.3 is 5.97 Å². The molecule has 0 spiro atoms. The highest BCUT2D eigenvalue weighted by atomic mass is 16.5. The fraction of sp³-hybridized carbons (Fsp3) is 0.357. The van der Waals surface area contributed by atoms with E-state index in [1.807, 2.05) is 54.3 Å². The number of carbonyl (C=O) groups is 2. The molecule has 1 aliphatic rings. The summed E-state index contributed by atoms with van der Waals surface area (Å²) in [6.07, 6.45) is 2.63. The quantitative estimate of drug-likeness (QED) is 0.279. The van der Waals surface area contributed by atoms with Gasteiger partial charge in [0.1, 0.15) is 23.6 Å². The molecule has 5 rings (SSSR count). The molecule has 2 aromatic carbocycles. The minimum atomic E-state index is -0.889. The van der Waals surface area contributed by atoms with Crippen LogP contribution in [0.1, 0.15) is 43.1 Å². The Balaban J connectivity index is 1.20. The first-order chi connectivity index (χ1) is 18.4. The van der Waals surface area contributed by atoms with E-state index >= 15 is 0 Å². The number of carboxylic acids is 1. The summed E-state index contributed by atoms with van der Waals surface area (Å²) < 4.78 is 17.8. The monoisotopic (exact) mass is 518 g/mol. The van der Waals surface area contributed by atoms with Crippen molar-refractivity contribution in [3.8, 4) is 0 Å². The molecule has 2 N–H and O–H groups in total. The van der Waals surface area contributed by atoms with Gasteiger partial charge in [-0.2, -0.15) is 4.98 Å². The van der Waals surface area contributed by atoms with Crippen molar-refractivity contribution in [2.75, 3.05) is 16.8 Å². The lowest BCUT2D eigenvalue weighted by Crippen LogP contribution is -2.37. The molecular weight excluding hydrogens is 488 g/mol. The Morgan fingerprint density at radius 3 is 2.89 bits per heavy atom. The highest BCUT2D eigenvalue weighted by Gasteiger charge is 2.31. The van der Waals surface area contributed by atoms with Gasteiger partial charge in [0.05, 0.1) is 12.6 Å². The molecule has 0 bridgehead atoms. The number of fused-ring (bicyclic) bond motifs is 1. The van der Waals surface area contributed by atoms with E-state index < -0.39 is 12.1 Å². The molecule has 1 unspecified atom stereocenters. The Morgan fingerprint density at radius 1 is 1.24 bits per heavy atom. The number of oxazole rings is 2. The first-order valence-corrected chi connectivity index (χ1v) is 12.7. The summed E-state index contributed by atoms with van der Waals surface area (Å²) in [6.45, 7) is 4.45. The van der Waals surface area contributed by atoms with E-state index in [2.05, 4.69) is 15.3 Å². The van der Waals surface area contributed by atoms with Gasteiger partial charge < -0.3 is 28.9 Å². The molecule has 1 aliphatic heterocycles. The van der Waals surface area contributed by atoms with Crippen molar-refractivity contribution < 1.29 is 28.3 Å². The summed E-state index contributed by atoms with van der Waals surface area (Å²) in [5.74, 6) is -0.430. The lowest BCUT2D eigenvalue weighted by molar-refractivity contribution is -0.137. The second kappa shape index (κ2) is 11.1. The number of carboxylic acid groups (broad SMARTS) is 1. The Bertz CT molecular complexity index is 1440. The van der Waals surface area contributed by atoms with Crippen molar-refractivity contribution in [3.05, 3.63) is 65.5 Å². The van der Waals surface area contributed by atoms with Crippen LogP contribution in [0.15, 0.2) is 57.5 Å². The molecule has 198 valence electrons. The molecule has 0 amide bonds. The third-order valence-electron chi connectivity index (χ3n) is 6.60. The van der Waals surface area contributed by atoms with Crippen LogP contribution in [0.25, 0.3) is 11.1 Å². The number of nitrogens with zero attached hydrogens (tertiary/aromatic N) is 3. The molecule has 0 aliphatic carbocycles. The topological polar surface area (TPSA) is 131 Å². The van der Waals surface area contributed by atoms with E-state index in [1.165, 1.54) is 0 Å². The smallest absolute Gasteiger partial charge is 0.303 e. The van der Waals surface area contributed by atoms with Gasteiger partial charge in [0.15, 0.2) is 11.4 Å². The largest absolute Gasteiger partial charge is 0.481 e. The van der Waals surface area contributed by atoms with Crippen molar-refractivity contribution in [3.63, 3.8) is 0 Å². The average Bonchev–Trinajstić information content (AvgIpc) is 3.63. The van der Waals surface area contributed by atoms with Gasteiger partial charge in [0.2, 0.25) is 0 Å². The molecule has 0 saturated carbocycles. The molecule has 0 radical (unpaired) electrons. The van der Waals surface area contributed by atoms with Crippen LogP contribution in [-0.4, -0.2) is 45.7 Å². The fourth-order valence-electron chi connectivity index (χ4n) is 4.49. The number of aromatic nitrogens is 2. The Morgan fingerprint density at radius 2 is 2.08 bits per heavy atom. The van der Waals surface area contributed by atoms with Crippen molar-refractivity contribution in [2.45, 2.75) is 58.3 Å². The fourth-order valence-corrected chi connectivity index (χ4v) is 4.49. The predicted molar refractivity (Wildman–Crippen MR) is 141 cm³/mol. The number of carbonyl (C=O) groups excluding carboxylic acids is 1. The Kier molecular flexibility index (Phi) is 7.41. The lowest BCUT2D eigenvalue weighted by atomic mass is 10.1. The van der Waals surface area contributed by atoms with Crippen LogP contribution in [0, 0.1) is 6.92 Å². The van der Waals surface area contributed by atoms with Crippen LogP contribution in [0.5, 0.6) is 0 Å². The zero-order valence-corrected chi connectivity index (χ0v) is 21.3. The minimum Gasteiger partial charge on any atom is -0.481 e. The summed E-state index contributed by atoms with van der Waals surface area (Å²) in [6, 6.07) is 14.2. The number of ether oxygens (including phenoxy) is 1. The Labute approximate surface area is 219 Å². The van der Waals surface area contributed by atoms with E-state index in [4.69, 9.17) is 18.7 Å². The average molecular weight is 519 g/mol. The van der Waals surface area contributed by atoms with Gasteiger partial charge in [-0.15, -0.1) is 0 Å². The number of benzene rings is 2. The van der Waals surface area contributed by atoms with Crippen LogP contribution in [-0.2, 0) is 27.2 Å². The SMILES string of the molecule is Cc1ccccc1Nc1nc2ccc(CC(=O)C(C)O[C@H]3CCCN3c3ncc(CCC(=O)O)o3)cc2o1. The zero-order valence-electron chi connectivity index (χ0n) is 21.3. The summed E-state index contributed by atoms with van der Waals surface area (Å²) in [7, 11) is 0. The van der Waals surface area contributed by atoms with Crippen molar-refractivity contribution >= 4 is 40.6 Å². The molecule has 4 aromatic rings. The second-order valence-electron chi connectivity index (χ2n) is 9.48. The number of aryl methyl sites for hydroxylation is 2. The van der Waals surface area contributed by atoms with Crippen LogP contribution >= 0.6 is 0 Å². The van der Waals surface area contributed by atoms with Crippen LogP contribution in [0.4, 0.5) is 17.7 Å². The highest BCUT2D eigenvalue weighted by Crippen LogP contribution is 2.28. The van der Waals surface area contributed by atoms with Crippen LogP contribution < -0.4 is 10.2 Å². The number of aliphatic carboxylic acids is 1. The molecule has 38 heavy (non-hydrogen) atoms. The molecule has 2 aromatic heterocycles. The maximum atomic E-state index is 13.0. The van der Waals surface area contributed by atoms with Gasteiger partial charge in [-0.25, -0.2) is 4.98 Å². The normalized spacial score (nSPS) is 16.2. The number of nitrogens with one attached hydrogen (secondary N) is 1. The Hall–Kier alpha value is -4.18. The van der Waals surface area contributed by atoms with Crippen LogP contribution in [0.2, 0.25) is 0 Å². The number of para-hydroxylation sites is 1. The maximum Gasteiger partial charge on any atom is 0.303 e. The third-order valence-corrected chi connectivity index (χ3v) is 6.60. The molecule has 10 heteroatoms. The minimum absolute atomic E-state index is 0.0233. The number of rotatable bonds is 11. The molecule has 2 atom stereocenters. The van der Waals surface area contributed by atoms with Gasteiger partial charge in [0.25, 0.3) is 12.0 Å². The van der Waals surface area contributed by atoms with Crippen molar-refractivity contribution in [1.29, 1.82) is 0 Å². The van der Waals surface area contributed by atoms with E-state index in [-0.39, 0.29) is 31.3 Å². The molecule has 10 nitrogen and oxygen atoms in total. The van der Waals surface area contributed by atoms with Gasteiger partial charge in [0, 0.05) is 25.1 Å². The molecular formula is C28H30N4O6. The summed E-state index contributed by atoms with van der Waals surface area (Å²) in [5.41, 5.74) is 4.12. The summed E-state index contributed by atoms with van der Waals surface area (Å²) >= 11 is 0. The van der Waals surface area contributed by atoms with Crippen molar-refractivity contribution in [2.24, 2.45) is 0 Å². The second-order valence-corrected chi connectivity index (χ2v) is 9.48. The van der Waals surface area contributed by atoms with E-state index in [1.54, 1.807) is 13.1 Å². The first-order valence-electron chi connectivity index (χ1n) is 12.7. The maximum absolute atomic E-state index is 13.0. The van der Waals surface area contributed by atoms with E-state index in [9.17, 15) is 9.59 Å². The number of hydrogen-bond acceptors (Lipinski definition) is 9. The van der Waals surface area contributed by atoms with E-state index in [0.717, 1.165) is 29.7 Å². The van der Waals surface area contributed by atoms with Gasteiger partial charge in [-0.3, -0.25) is 9.59 Å². The molecule has 3 heterocycles. The third kappa shape index (κ3) is 5.86. The molecule has 1 fully saturated rings. The lowest BCUT2D eigenvalue weighted by Gasteiger charge is -2.25. The number of hydrogen-bond donors (Lipinski definition) is 2.